The zero-order valence-corrected chi connectivity index (χ0v) is 46.2. The van der Waals surface area contributed by atoms with Crippen molar-refractivity contribution in [2.24, 2.45) is 5.92 Å². The van der Waals surface area contributed by atoms with E-state index in [9.17, 15) is 47.1 Å². The van der Waals surface area contributed by atoms with Crippen LogP contribution in [-0.2, 0) is 75.5 Å². The highest BCUT2D eigenvalue weighted by Gasteiger charge is 2.58. The number of hydrogen-bond donors (Lipinski definition) is 7. The van der Waals surface area contributed by atoms with E-state index in [0.29, 0.717) is 49.2 Å². The lowest BCUT2D eigenvalue weighted by molar-refractivity contribution is -0.145. The molecule has 2 aromatic rings. The van der Waals surface area contributed by atoms with Crippen LogP contribution in [0.1, 0.15) is 104 Å². The van der Waals surface area contributed by atoms with E-state index in [1.807, 2.05) is 19.9 Å². The third-order valence-corrected chi connectivity index (χ3v) is 15.1. The standard InChI is InChI=1S/C54H73BrN6O14S/c1-34(14-22-45-35(2)27-44(37(4)74-45)60-48(64)24-16-36(3)73-38(5)62)15-23-46-53(69)54(33-72-54)29-41(75-46)28-50(66)57-31-39-17-20-42(21-18-39)76(70,71)61-49(65)25-19-40-11-8-9-12-43(40)59-52(68)32-58-47(63)13-7-6-10-26-56-51(67)30-55/h8-9,11-12,14-18,20-21,23-24,35-37,41,44-46,53,69H,6-7,10,13,19,22,25-33H2,1-5H3,(H,56,67)(H,57,66)(H,58,63)(H,59,68)(H,60,64)(H,61,65)/b23-15+,24-16?,34-14+/t35-,36?,37+,41+,44+,45-,46+,53+,54+/m0/s1. The summed E-state index contributed by atoms with van der Waals surface area (Å²) in [5, 5.41) is 25.3. The number of carbonyl (C=O) groups excluding carboxylic acids is 7. The summed E-state index contributed by atoms with van der Waals surface area (Å²) in [6.45, 7) is 9.62. The number of anilines is 1. The van der Waals surface area contributed by atoms with Gasteiger partial charge in [0, 0.05) is 51.0 Å². The molecule has 416 valence electrons. The highest BCUT2D eigenvalue weighted by molar-refractivity contribution is 9.09. The summed E-state index contributed by atoms with van der Waals surface area (Å²) >= 11 is 3.08. The number of para-hydroxylation sites is 1. The van der Waals surface area contributed by atoms with Crippen molar-refractivity contribution in [1.82, 2.24) is 26.0 Å². The Labute approximate surface area is 453 Å². The molecule has 5 rings (SSSR count). The fourth-order valence-corrected chi connectivity index (χ4v) is 10.1. The number of hydrogen-bond acceptors (Lipinski definition) is 14. The van der Waals surface area contributed by atoms with Crippen molar-refractivity contribution in [2.75, 3.05) is 30.3 Å². The highest BCUT2D eigenvalue weighted by atomic mass is 79.9. The van der Waals surface area contributed by atoms with Crippen molar-refractivity contribution < 1.29 is 66.0 Å². The number of alkyl halides is 1. The number of carbonyl (C=O) groups is 7. The lowest BCUT2D eigenvalue weighted by Gasteiger charge is -2.39. The number of epoxide rings is 1. The predicted molar refractivity (Wildman–Crippen MR) is 286 cm³/mol. The van der Waals surface area contributed by atoms with Crippen LogP contribution >= 0.6 is 15.9 Å². The first-order chi connectivity index (χ1) is 36.1. The van der Waals surface area contributed by atoms with Gasteiger partial charge in [-0.15, -0.1) is 0 Å². The SMILES string of the molecule is CC(=O)OC(C)C=CC(=O)N[C@@H]1C[C@H](C)[C@H](C/C=C(C)/C=C/[C@H]2O[C@H](CC(=O)NCc3ccc(S(=O)(=O)NC(=O)CCc4ccccc4NC(=O)CNC(=O)CCCCCNC(=O)CBr)cc3)C[C@@]3(CO3)[C@@H]2O)O[C@@H]1C. The average molecular weight is 1140 g/mol. The summed E-state index contributed by atoms with van der Waals surface area (Å²) < 4.78 is 51.7. The molecular formula is C54H73BrN6O14S. The van der Waals surface area contributed by atoms with Gasteiger partial charge in [-0.05, 0) is 94.2 Å². The third-order valence-electron chi connectivity index (χ3n) is 13.2. The number of aryl methyl sites for hydroxylation is 1. The van der Waals surface area contributed by atoms with E-state index in [1.165, 1.54) is 43.3 Å². The molecule has 76 heavy (non-hydrogen) atoms. The van der Waals surface area contributed by atoms with Gasteiger partial charge in [0.1, 0.15) is 23.9 Å². The van der Waals surface area contributed by atoms with Crippen LogP contribution in [0.15, 0.2) is 89.4 Å². The quantitative estimate of drug-likeness (QED) is 0.0165. The minimum absolute atomic E-state index is 0.00547. The van der Waals surface area contributed by atoms with E-state index in [-0.39, 0.29) is 96.8 Å². The molecule has 3 heterocycles. The molecule has 3 saturated heterocycles. The Morgan fingerprint density at radius 3 is 2.33 bits per heavy atom. The Hall–Kier alpha value is -5.78. The number of nitrogens with one attached hydrogen (secondary N) is 6. The molecule has 1 unspecified atom stereocenters. The minimum atomic E-state index is -4.24. The molecule has 0 saturated carbocycles. The molecule has 2 aromatic carbocycles. The van der Waals surface area contributed by atoms with Gasteiger partial charge in [0.25, 0.3) is 10.0 Å². The summed E-state index contributed by atoms with van der Waals surface area (Å²) in [6.07, 6.45) is 9.39. The van der Waals surface area contributed by atoms with Gasteiger partial charge in [0.05, 0.1) is 54.2 Å². The average Bonchev–Trinajstić information content (AvgIpc) is 4.16. The molecule has 3 aliphatic heterocycles. The summed E-state index contributed by atoms with van der Waals surface area (Å²) in [5.74, 6) is -2.50. The van der Waals surface area contributed by atoms with Crippen LogP contribution in [0.2, 0.25) is 0 Å². The Kier molecular flexibility index (Phi) is 23.8. The largest absolute Gasteiger partial charge is 0.459 e. The molecule has 3 aliphatic rings. The van der Waals surface area contributed by atoms with Crippen molar-refractivity contribution in [2.45, 2.75) is 159 Å². The fraction of sp³-hybridized carbons (Fsp3) is 0.537. The van der Waals surface area contributed by atoms with Crippen LogP contribution in [0, 0.1) is 5.92 Å². The van der Waals surface area contributed by atoms with Crippen LogP contribution in [0.25, 0.3) is 0 Å². The highest BCUT2D eigenvalue weighted by Crippen LogP contribution is 2.43. The molecule has 0 bridgehead atoms. The summed E-state index contributed by atoms with van der Waals surface area (Å²) in [7, 11) is -4.24. The van der Waals surface area contributed by atoms with E-state index in [2.05, 4.69) is 60.2 Å². The first-order valence-corrected chi connectivity index (χ1v) is 28.3. The van der Waals surface area contributed by atoms with Crippen LogP contribution in [-0.4, -0.2) is 128 Å². The maximum Gasteiger partial charge on any atom is 0.303 e. The zero-order valence-electron chi connectivity index (χ0n) is 43.8. The van der Waals surface area contributed by atoms with E-state index < -0.39 is 57.8 Å². The van der Waals surface area contributed by atoms with Crippen molar-refractivity contribution in [3.05, 3.63) is 95.6 Å². The van der Waals surface area contributed by atoms with Gasteiger partial charge in [0.15, 0.2) is 0 Å². The molecule has 1 spiro atoms. The Morgan fingerprint density at radius 2 is 1.62 bits per heavy atom. The molecule has 6 amide bonds. The smallest absolute Gasteiger partial charge is 0.303 e. The molecule has 3 fully saturated rings. The van der Waals surface area contributed by atoms with Crippen LogP contribution < -0.4 is 31.3 Å². The van der Waals surface area contributed by atoms with E-state index >= 15 is 0 Å². The molecule has 20 nitrogen and oxygen atoms in total. The van der Waals surface area contributed by atoms with Gasteiger partial charge in [-0.3, -0.25) is 33.6 Å². The summed E-state index contributed by atoms with van der Waals surface area (Å²) in [6, 6.07) is 12.3. The van der Waals surface area contributed by atoms with Crippen molar-refractivity contribution >= 4 is 73.1 Å². The second-order valence-corrected chi connectivity index (χ2v) is 21.8. The van der Waals surface area contributed by atoms with Crippen molar-refractivity contribution in [3.8, 4) is 0 Å². The maximum absolute atomic E-state index is 13.2. The first kappa shape index (κ1) is 61.1. The second-order valence-electron chi connectivity index (χ2n) is 19.6. The molecule has 0 radical (unpaired) electrons. The van der Waals surface area contributed by atoms with Gasteiger partial charge in [-0.25, -0.2) is 13.1 Å². The monoisotopic (exact) mass is 1140 g/mol. The third kappa shape index (κ3) is 20.3. The molecule has 7 N–H and O–H groups in total. The Balaban J connectivity index is 1.02. The number of allylic oxidation sites excluding steroid dienone is 2. The molecule has 0 aliphatic carbocycles. The number of aliphatic hydroxyl groups is 1. The topological polar surface area (TPSA) is 286 Å². The van der Waals surface area contributed by atoms with Gasteiger partial charge in [0.2, 0.25) is 35.4 Å². The van der Waals surface area contributed by atoms with E-state index in [0.717, 1.165) is 24.8 Å². The molecule has 22 heteroatoms. The maximum atomic E-state index is 13.2. The van der Waals surface area contributed by atoms with Crippen molar-refractivity contribution in [1.29, 1.82) is 0 Å². The second kappa shape index (κ2) is 29.7. The number of benzene rings is 2. The van der Waals surface area contributed by atoms with Crippen LogP contribution in [0.4, 0.5) is 5.69 Å². The predicted octanol–water partition coefficient (Wildman–Crippen LogP) is 4.24. The number of sulfonamides is 1. The Morgan fingerprint density at radius 1 is 0.882 bits per heavy atom. The van der Waals surface area contributed by atoms with E-state index in [1.54, 1.807) is 37.3 Å². The van der Waals surface area contributed by atoms with Crippen LogP contribution in [0.5, 0.6) is 0 Å². The number of halogens is 1. The number of amides is 6. The molecular weight excluding hydrogens is 1070 g/mol. The fourth-order valence-electron chi connectivity index (χ4n) is 8.85. The minimum Gasteiger partial charge on any atom is -0.459 e. The summed E-state index contributed by atoms with van der Waals surface area (Å²) in [5.41, 5.74) is 1.73. The number of ether oxygens (including phenoxy) is 4. The van der Waals surface area contributed by atoms with E-state index in [4.69, 9.17) is 18.9 Å². The molecule has 0 aromatic heterocycles. The van der Waals surface area contributed by atoms with Gasteiger partial charge in [-0.1, -0.05) is 83.4 Å². The lowest BCUT2D eigenvalue weighted by atomic mass is 9.87. The number of rotatable bonds is 27. The number of aliphatic hydroxyl groups excluding tert-OH is 1. The normalized spacial score (nSPS) is 23.8. The van der Waals surface area contributed by atoms with Crippen molar-refractivity contribution in [3.63, 3.8) is 0 Å². The zero-order chi connectivity index (χ0) is 55.4. The molecule has 9 atom stereocenters. The number of esters is 1. The van der Waals surface area contributed by atoms with Crippen LogP contribution in [0.3, 0.4) is 0 Å². The Bertz CT molecular complexity index is 2550. The first-order valence-electron chi connectivity index (χ1n) is 25.7. The number of unbranched alkanes of at least 4 members (excludes halogenated alkanes) is 2. The van der Waals surface area contributed by atoms with Gasteiger partial charge >= 0.3 is 5.97 Å². The lowest BCUT2D eigenvalue weighted by Crippen LogP contribution is -2.50. The summed E-state index contributed by atoms with van der Waals surface area (Å²) in [4.78, 5) is 85.7. The van der Waals surface area contributed by atoms with Gasteiger partial charge in [-0.2, -0.15) is 0 Å². The van der Waals surface area contributed by atoms with Gasteiger partial charge < -0.3 is 50.6 Å².